The molecule has 0 aliphatic heterocycles. The van der Waals surface area contributed by atoms with Gasteiger partial charge in [-0.25, -0.2) is 0 Å². The molecule has 172 valence electrons. The highest BCUT2D eigenvalue weighted by Gasteiger charge is 2.33. The summed E-state index contributed by atoms with van der Waals surface area (Å²) in [7, 11) is 0. The summed E-state index contributed by atoms with van der Waals surface area (Å²) in [6.45, 7) is 15.8. The molecule has 0 amide bonds. The monoisotopic (exact) mass is 412 g/mol. The maximum absolute atomic E-state index is 6.41. The minimum Gasteiger partial charge on any atom is -0.349 e. The van der Waals surface area contributed by atoms with E-state index in [1.165, 1.54) is 38.5 Å². The molecule has 0 heterocycles. The zero-order valence-electron chi connectivity index (χ0n) is 20.3. The Kier molecular flexibility index (Phi) is 9.92. The summed E-state index contributed by atoms with van der Waals surface area (Å²) >= 11 is 0. The average molecular weight is 413 g/mol. The summed E-state index contributed by atoms with van der Waals surface area (Å²) in [4.78, 5) is 0. The Morgan fingerprint density at radius 1 is 0.655 bits per heavy atom. The fourth-order valence-electron chi connectivity index (χ4n) is 4.16. The molecule has 2 rings (SSSR count). The average Bonchev–Trinajstić information content (AvgIpc) is 2.64. The van der Waals surface area contributed by atoms with Crippen LogP contribution in [0.4, 0.5) is 0 Å². The van der Waals surface area contributed by atoms with Crippen molar-refractivity contribution in [2.45, 2.75) is 144 Å². The first kappa shape index (κ1) is 25.1. The third-order valence-corrected chi connectivity index (χ3v) is 5.99. The molecule has 2 aliphatic carbocycles. The topological polar surface area (TPSA) is 36.9 Å². The lowest BCUT2D eigenvalue weighted by molar-refractivity contribution is -0.267. The molecule has 4 nitrogen and oxygen atoms in total. The zero-order valence-corrected chi connectivity index (χ0v) is 20.3. The molecule has 3 unspecified atom stereocenters. The Morgan fingerprint density at radius 3 is 1.48 bits per heavy atom. The maximum atomic E-state index is 6.41. The predicted molar refractivity (Wildman–Crippen MR) is 119 cm³/mol. The molecule has 0 radical (unpaired) electrons. The third kappa shape index (κ3) is 9.25. The van der Waals surface area contributed by atoms with E-state index in [0.717, 1.165) is 25.7 Å². The van der Waals surface area contributed by atoms with Crippen molar-refractivity contribution >= 4 is 0 Å². The fourth-order valence-corrected chi connectivity index (χ4v) is 4.16. The molecule has 0 N–H and O–H groups in total. The summed E-state index contributed by atoms with van der Waals surface area (Å²) in [5.74, 6) is 0. The van der Waals surface area contributed by atoms with Gasteiger partial charge in [-0.15, -0.1) is 0 Å². The van der Waals surface area contributed by atoms with Crippen molar-refractivity contribution in [3.63, 3.8) is 0 Å². The quantitative estimate of drug-likeness (QED) is 0.388. The van der Waals surface area contributed by atoms with E-state index in [2.05, 4.69) is 48.5 Å². The second-order valence-corrected chi connectivity index (χ2v) is 11.5. The normalized spacial score (nSPS) is 23.7. The molecule has 0 bridgehead atoms. The Hall–Kier alpha value is -0.160. The van der Waals surface area contributed by atoms with Crippen molar-refractivity contribution in [1.82, 2.24) is 0 Å². The second kappa shape index (κ2) is 11.5. The first-order valence-electron chi connectivity index (χ1n) is 12.1. The van der Waals surface area contributed by atoms with Crippen LogP contribution in [0.3, 0.4) is 0 Å². The molecule has 29 heavy (non-hydrogen) atoms. The third-order valence-electron chi connectivity index (χ3n) is 5.99. The van der Waals surface area contributed by atoms with E-state index in [9.17, 15) is 0 Å². The van der Waals surface area contributed by atoms with Gasteiger partial charge in [0, 0.05) is 10.8 Å². The molecular weight excluding hydrogens is 364 g/mol. The molecule has 0 aromatic rings. The molecule has 4 heteroatoms. The highest BCUT2D eigenvalue weighted by Crippen LogP contribution is 2.32. The van der Waals surface area contributed by atoms with Crippen LogP contribution in [-0.2, 0) is 18.9 Å². The molecule has 0 aromatic carbocycles. The first-order chi connectivity index (χ1) is 13.6. The molecule has 2 aliphatic rings. The Labute approximate surface area is 180 Å². The summed E-state index contributed by atoms with van der Waals surface area (Å²) in [5.41, 5.74) is -0.118. The standard InChI is InChI=1S/C25H48O4/c1-19(27-23(25(5,6)7)29-21-16-12-9-13-17-21)18-26-22(24(2,3)4)28-20-14-10-8-11-15-20/h19-23H,8-18H2,1-7H3. The Morgan fingerprint density at radius 2 is 1.07 bits per heavy atom. The van der Waals surface area contributed by atoms with Crippen LogP contribution in [0.15, 0.2) is 0 Å². The van der Waals surface area contributed by atoms with Crippen LogP contribution in [0.25, 0.3) is 0 Å². The van der Waals surface area contributed by atoms with Gasteiger partial charge >= 0.3 is 0 Å². The SMILES string of the molecule is CC(COC(OC1CCCCC1)C(C)(C)C)OC(OC1CCCCC1)C(C)(C)C. The molecule has 3 atom stereocenters. The lowest BCUT2D eigenvalue weighted by Gasteiger charge is -2.38. The van der Waals surface area contributed by atoms with Gasteiger partial charge in [-0.3, -0.25) is 0 Å². The van der Waals surface area contributed by atoms with Crippen LogP contribution >= 0.6 is 0 Å². The van der Waals surface area contributed by atoms with Crippen LogP contribution in [0.2, 0.25) is 0 Å². The lowest BCUT2D eigenvalue weighted by atomic mass is 9.93. The Balaban J connectivity index is 1.86. The van der Waals surface area contributed by atoms with Crippen LogP contribution in [0, 0.1) is 10.8 Å². The van der Waals surface area contributed by atoms with Crippen LogP contribution in [-0.4, -0.2) is 37.5 Å². The van der Waals surface area contributed by atoms with Gasteiger partial charge in [0.1, 0.15) is 0 Å². The highest BCUT2D eigenvalue weighted by molar-refractivity contribution is 4.75. The maximum Gasteiger partial charge on any atom is 0.163 e. The van der Waals surface area contributed by atoms with Crippen LogP contribution in [0.5, 0.6) is 0 Å². The van der Waals surface area contributed by atoms with E-state index in [1.54, 1.807) is 0 Å². The van der Waals surface area contributed by atoms with E-state index in [0.29, 0.717) is 18.8 Å². The lowest BCUT2D eigenvalue weighted by Crippen LogP contribution is -2.41. The van der Waals surface area contributed by atoms with Crippen molar-refractivity contribution < 1.29 is 18.9 Å². The van der Waals surface area contributed by atoms with E-state index in [4.69, 9.17) is 18.9 Å². The molecular formula is C25H48O4. The molecule has 0 aromatic heterocycles. The Bertz CT molecular complexity index is 439. The van der Waals surface area contributed by atoms with Crippen molar-refractivity contribution in [2.24, 2.45) is 10.8 Å². The van der Waals surface area contributed by atoms with Gasteiger partial charge in [0.25, 0.3) is 0 Å². The molecule has 0 spiro atoms. The molecule has 0 saturated heterocycles. The summed E-state index contributed by atoms with van der Waals surface area (Å²) in [6, 6.07) is 0. The first-order valence-corrected chi connectivity index (χ1v) is 12.1. The van der Waals surface area contributed by atoms with E-state index < -0.39 is 0 Å². The van der Waals surface area contributed by atoms with Crippen molar-refractivity contribution in [1.29, 1.82) is 0 Å². The van der Waals surface area contributed by atoms with Gasteiger partial charge in [-0.05, 0) is 32.6 Å². The number of hydrogen-bond acceptors (Lipinski definition) is 4. The predicted octanol–water partition coefficient (Wildman–Crippen LogP) is 6.85. The zero-order chi connectivity index (χ0) is 21.5. The van der Waals surface area contributed by atoms with Gasteiger partial charge in [0.15, 0.2) is 12.6 Å². The van der Waals surface area contributed by atoms with Crippen LogP contribution < -0.4 is 0 Å². The van der Waals surface area contributed by atoms with Gasteiger partial charge in [0.05, 0.1) is 24.9 Å². The molecule has 2 saturated carbocycles. The second-order valence-electron chi connectivity index (χ2n) is 11.5. The summed E-state index contributed by atoms with van der Waals surface area (Å²) in [5, 5.41) is 0. The number of ether oxygens (including phenoxy) is 4. The summed E-state index contributed by atoms with van der Waals surface area (Å²) in [6.07, 6.45) is 12.6. The number of hydrogen-bond donors (Lipinski definition) is 0. The van der Waals surface area contributed by atoms with Crippen molar-refractivity contribution in [3.8, 4) is 0 Å². The van der Waals surface area contributed by atoms with Crippen molar-refractivity contribution in [3.05, 3.63) is 0 Å². The van der Waals surface area contributed by atoms with E-state index >= 15 is 0 Å². The van der Waals surface area contributed by atoms with Gasteiger partial charge < -0.3 is 18.9 Å². The number of rotatable bonds is 9. The molecule has 2 fully saturated rings. The van der Waals surface area contributed by atoms with Gasteiger partial charge in [-0.2, -0.15) is 0 Å². The van der Waals surface area contributed by atoms with Gasteiger partial charge in [0.2, 0.25) is 0 Å². The van der Waals surface area contributed by atoms with Crippen LogP contribution in [0.1, 0.15) is 113 Å². The van der Waals surface area contributed by atoms with Gasteiger partial charge in [-0.1, -0.05) is 80.1 Å². The van der Waals surface area contributed by atoms with E-state index in [1.807, 2.05) is 0 Å². The summed E-state index contributed by atoms with van der Waals surface area (Å²) < 4.78 is 25.4. The smallest absolute Gasteiger partial charge is 0.163 e. The minimum absolute atomic E-state index is 0.0392. The highest BCUT2D eigenvalue weighted by atomic mass is 16.7. The fraction of sp³-hybridized carbons (Fsp3) is 1.00. The van der Waals surface area contributed by atoms with Crippen molar-refractivity contribution in [2.75, 3.05) is 6.61 Å². The largest absolute Gasteiger partial charge is 0.349 e. The van der Waals surface area contributed by atoms with E-state index in [-0.39, 0.29) is 29.5 Å². The minimum atomic E-state index is -0.212.